The Morgan fingerprint density at radius 3 is 2.38 bits per heavy atom. The zero-order valence-corrected chi connectivity index (χ0v) is 10.2. The average molecular weight is 220 g/mol. The highest BCUT2D eigenvalue weighted by Crippen LogP contribution is 2.04. The second-order valence-electron chi connectivity index (χ2n) is 4.33. The molecule has 0 radical (unpaired) electrons. The fourth-order valence-corrected chi connectivity index (χ4v) is 1.38. The first-order valence-electron chi connectivity index (χ1n) is 5.65. The number of rotatable bonds is 5. The lowest BCUT2D eigenvalue weighted by Gasteiger charge is -2.08. The second-order valence-corrected chi connectivity index (χ2v) is 4.33. The summed E-state index contributed by atoms with van der Waals surface area (Å²) in [4.78, 5) is 11.7. The minimum atomic E-state index is 0.00436. The van der Waals surface area contributed by atoms with Gasteiger partial charge in [-0.1, -0.05) is 26.0 Å². The van der Waals surface area contributed by atoms with Crippen LogP contribution in [0.3, 0.4) is 0 Å². The molecular formula is C13H20N2O. The standard InChI is InChI=1S/C13H20N2O/c1-10(2)8-15-13(16)12-6-4-11(5-7-12)9-14-3/h4-7,10,14H,8-9H2,1-3H3,(H,15,16). The quantitative estimate of drug-likeness (QED) is 0.794. The van der Waals surface area contributed by atoms with Crippen LogP contribution >= 0.6 is 0 Å². The van der Waals surface area contributed by atoms with E-state index >= 15 is 0 Å². The Balaban J connectivity index is 2.56. The van der Waals surface area contributed by atoms with Gasteiger partial charge in [0.05, 0.1) is 0 Å². The van der Waals surface area contributed by atoms with Crippen LogP contribution in [0.4, 0.5) is 0 Å². The molecule has 0 bridgehead atoms. The molecule has 2 N–H and O–H groups in total. The van der Waals surface area contributed by atoms with Gasteiger partial charge in [-0.05, 0) is 30.7 Å². The summed E-state index contributed by atoms with van der Waals surface area (Å²) < 4.78 is 0. The van der Waals surface area contributed by atoms with E-state index in [-0.39, 0.29) is 5.91 Å². The van der Waals surface area contributed by atoms with E-state index in [9.17, 15) is 4.79 Å². The topological polar surface area (TPSA) is 41.1 Å². The first kappa shape index (κ1) is 12.7. The smallest absolute Gasteiger partial charge is 0.251 e. The van der Waals surface area contributed by atoms with E-state index in [0.29, 0.717) is 5.92 Å². The van der Waals surface area contributed by atoms with Crippen molar-refractivity contribution in [2.24, 2.45) is 5.92 Å². The third kappa shape index (κ3) is 4.03. The van der Waals surface area contributed by atoms with E-state index in [4.69, 9.17) is 0 Å². The Bertz CT molecular complexity index is 330. The van der Waals surface area contributed by atoms with Gasteiger partial charge in [0.2, 0.25) is 0 Å². The molecule has 0 spiro atoms. The van der Waals surface area contributed by atoms with Crippen molar-refractivity contribution in [2.45, 2.75) is 20.4 Å². The molecule has 1 rings (SSSR count). The Morgan fingerprint density at radius 2 is 1.88 bits per heavy atom. The van der Waals surface area contributed by atoms with Gasteiger partial charge in [0, 0.05) is 18.7 Å². The third-order valence-corrected chi connectivity index (χ3v) is 2.27. The average Bonchev–Trinajstić information content (AvgIpc) is 2.27. The molecule has 88 valence electrons. The molecule has 0 saturated heterocycles. The van der Waals surface area contributed by atoms with Crippen molar-refractivity contribution in [3.8, 4) is 0 Å². The number of carbonyl (C=O) groups is 1. The van der Waals surface area contributed by atoms with Crippen molar-refractivity contribution in [2.75, 3.05) is 13.6 Å². The third-order valence-electron chi connectivity index (χ3n) is 2.27. The summed E-state index contributed by atoms with van der Waals surface area (Å²) in [5, 5.41) is 5.97. The van der Waals surface area contributed by atoms with Gasteiger partial charge >= 0.3 is 0 Å². The molecule has 0 unspecified atom stereocenters. The van der Waals surface area contributed by atoms with Gasteiger partial charge in [0.1, 0.15) is 0 Å². The van der Waals surface area contributed by atoms with Crippen LogP contribution in [0, 0.1) is 5.92 Å². The van der Waals surface area contributed by atoms with Crippen LogP contribution in [0.1, 0.15) is 29.8 Å². The molecule has 1 aromatic rings. The summed E-state index contributed by atoms with van der Waals surface area (Å²) in [6.45, 7) is 5.71. The van der Waals surface area contributed by atoms with E-state index in [1.807, 2.05) is 31.3 Å². The van der Waals surface area contributed by atoms with Crippen LogP contribution in [-0.4, -0.2) is 19.5 Å². The molecule has 0 saturated carbocycles. The Kier molecular flexibility index (Phi) is 4.99. The largest absolute Gasteiger partial charge is 0.352 e. The fraction of sp³-hybridized carbons (Fsp3) is 0.462. The predicted molar refractivity (Wildman–Crippen MR) is 66.4 cm³/mol. The SMILES string of the molecule is CNCc1ccc(C(=O)NCC(C)C)cc1. The van der Waals surface area contributed by atoms with Crippen molar-refractivity contribution in [1.82, 2.24) is 10.6 Å². The van der Waals surface area contributed by atoms with E-state index in [1.54, 1.807) is 0 Å². The molecule has 3 heteroatoms. The lowest BCUT2D eigenvalue weighted by Crippen LogP contribution is -2.27. The highest BCUT2D eigenvalue weighted by Gasteiger charge is 2.05. The van der Waals surface area contributed by atoms with Crippen LogP contribution < -0.4 is 10.6 Å². The van der Waals surface area contributed by atoms with Crippen molar-refractivity contribution < 1.29 is 4.79 Å². The molecule has 1 amide bonds. The maximum atomic E-state index is 11.7. The van der Waals surface area contributed by atoms with Crippen molar-refractivity contribution >= 4 is 5.91 Å². The first-order chi connectivity index (χ1) is 7.63. The maximum Gasteiger partial charge on any atom is 0.251 e. The first-order valence-corrected chi connectivity index (χ1v) is 5.65. The summed E-state index contributed by atoms with van der Waals surface area (Å²) in [6, 6.07) is 7.67. The van der Waals surface area contributed by atoms with Crippen molar-refractivity contribution in [3.05, 3.63) is 35.4 Å². The number of amides is 1. The Morgan fingerprint density at radius 1 is 1.25 bits per heavy atom. The van der Waals surface area contributed by atoms with E-state index < -0.39 is 0 Å². The molecule has 0 aliphatic heterocycles. The normalized spacial score (nSPS) is 10.5. The highest BCUT2D eigenvalue weighted by molar-refractivity contribution is 5.94. The summed E-state index contributed by atoms with van der Waals surface area (Å²) in [5.74, 6) is 0.484. The van der Waals surface area contributed by atoms with Crippen LogP contribution in [0.15, 0.2) is 24.3 Å². The molecule has 1 aromatic carbocycles. The molecule has 16 heavy (non-hydrogen) atoms. The summed E-state index contributed by atoms with van der Waals surface area (Å²) in [6.07, 6.45) is 0. The van der Waals surface area contributed by atoms with Gasteiger partial charge in [-0.2, -0.15) is 0 Å². The molecule has 0 atom stereocenters. The maximum absolute atomic E-state index is 11.7. The zero-order chi connectivity index (χ0) is 12.0. The second kappa shape index (κ2) is 6.28. The van der Waals surface area contributed by atoms with Crippen LogP contribution in [0.5, 0.6) is 0 Å². The van der Waals surface area contributed by atoms with Crippen molar-refractivity contribution in [1.29, 1.82) is 0 Å². The Hall–Kier alpha value is -1.35. The zero-order valence-electron chi connectivity index (χ0n) is 10.2. The number of carbonyl (C=O) groups excluding carboxylic acids is 1. The van der Waals surface area contributed by atoms with Gasteiger partial charge < -0.3 is 10.6 Å². The van der Waals surface area contributed by atoms with Gasteiger partial charge in [-0.25, -0.2) is 0 Å². The highest BCUT2D eigenvalue weighted by atomic mass is 16.1. The monoisotopic (exact) mass is 220 g/mol. The van der Waals surface area contributed by atoms with Gasteiger partial charge in [-0.15, -0.1) is 0 Å². The Labute approximate surface area is 97.2 Å². The van der Waals surface area contributed by atoms with Crippen molar-refractivity contribution in [3.63, 3.8) is 0 Å². The molecule has 0 aliphatic rings. The summed E-state index contributed by atoms with van der Waals surface area (Å²) >= 11 is 0. The van der Waals surface area contributed by atoms with Gasteiger partial charge in [0.25, 0.3) is 5.91 Å². The molecular weight excluding hydrogens is 200 g/mol. The number of hydrogen-bond acceptors (Lipinski definition) is 2. The van der Waals surface area contributed by atoms with Crippen LogP contribution in [0.25, 0.3) is 0 Å². The molecule has 0 aliphatic carbocycles. The van der Waals surface area contributed by atoms with E-state index in [1.165, 1.54) is 5.56 Å². The molecule has 3 nitrogen and oxygen atoms in total. The van der Waals surface area contributed by atoms with Crippen LogP contribution in [-0.2, 0) is 6.54 Å². The fourth-order valence-electron chi connectivity index (χ4n) is 1.38. The minimum Gasteiger partial charge on any atom is -0.352 e. The lowest BCUT2D eigenvalue weighted by molar-refractivity contribution is 0.0949. The predicted octanol–water partition coefficient (Wildman–Crippen LogP) is 1.79. The summed E-state index contributed by atoms with van der Waals surface area (Å²) in [7, 11) is 1.91. The molecule has 0 aromatic heterocycles. The van der Waals surface area contributed by atoms with Gasteiger partial charge in [-0.3, -0.25) is 4.79 Å². The summed E-state index contributed by atoms with van der Waals surface area (Å²) in [5.41, 5.74) is 1.91. The van der Waals surface area contributed by atoms with Crippen LogP contribution in [0.2, 0.25) is 0 Å². The number of benzene rings is 1. The lowest BCUT2D eigenvalue weighted by atomic mass is 10.1. The molecule has 0 fully saturated rings. The molecule has 0 heterocycles. The number of nitrogens with one attached hydrogen (secondary N) is 2. The van der Waals surface area contributed by atoms with E-state index in [0.717, 1.165) is 18.7 Å². The minimum absolute atomic E-state index is 0.00436. The van der Waals surface area contributed by atoms with Gasteiger partial charge in [0.15, 0.2) is 0 Å². The van der Waals surface area contributed by atoms with E-state index in [2.05, 4.69) is 24.5 Å². The number of hydrogen-bond donors (Lipinski definition) is 2.